The monoisotopic (exact) mass is 1360 g/mol. The highest BCUT2D eigenvalue weighted by atomic mass is 14.2. The van der Waals surface area contributed by atoms with Crippen molar-refractivity contribution in [1.82, 2.24) is 0 Å². The maximum atomic E-state index is 2.46. The van der Waals surface area contributed by atoms with Gasteiger partial charge in [-0.05, 0) is 284 Å². The number of benzene rings is 23. The van der Waals surface area contributed by atoms with Crippen molar-refractivity contribution < 1.29 is 0 Å². The first-order chi connectivity index (χ1) is 53.5. The van der Waals surface area contributed by atoms with Gasteiger partial charge in [-0.3, -0.25) is 0 Å². The lowest BCUT2D eigenvalue weighted by molar-refractivity contribution is 1.56. The van der Waals surface area contributed by atoms with E-state index in [4.69, 9.17) is 0 Å². The summed E-state index contributed by atoms with van der Waals surface area (Å²) in [5.41, 5.74) is 22.1. The first-order valence-electron chi connectivity index (χ1n) is 37.6. The summed E-state index contributed by atoms with van der Waals surface area (Å²) in [6.07, 6.45) is 0. The summed E-state index contributed by atoms with van der Waals surface area (Å²) in [4.78, 5) is 0. The van der Waals surface area contributed by atoms with Gasteiger partial charge in [0.1, 0.15) is 0 Å². The van der Waals surface area contributed by atoms with Crippen molar-refractivity contribution in [2.75, 3.05) is 0 Å². The highest BCUT2D eigenvalue weighted by Gasteiger charge is 2.22. The normalized spacial score (nSPS) is 11.9. The third-order valence-corrected chi connectivity index (χ3v) is 23.3. The molecule has 0 N–H and O–H groups in total. The Balaban J connectivity index is 0.000000134. The van der Waals surface area contributed by atoms with Crippen LogP contribution in [0.1, 0.15) is 0 Å². The molecule has 0 aliphatic carbocycles. The predicted molar refractivity (Wildman–Crippen MR) is 465 cm³/mol. The SMILES string of the molecule is c1cc2ccc3cccc4c(-c5cc(-c6cc7cccc8ccc9cccc6c9c87)cc(-c6cc7cccc8ccc9cccc6c9c87)c5)cc(c1)c2c34.c1ccc2c(-c3ccc(-c4cc(-c5ccc(-c6cccc7ccccc67)cc5)cc(-c5ccc(-c6cccc7ccccc67)cc5)c4)cc3)cccc2c1. The second-order valence-corrected chi connectivity index (χ2v) is 29.3. The Kier molecular flexibility index (Phi) is 14.1. The molecule has 0 amide bonds. The molecule has 0 aromatic heterocycles. The molecule has 23 rings (SSSR count). The Hall–Kier alpha value is -14.0. The van der Waals surface area contributed by atoms with Crippen molar-refractivity contribution in [2.45, 2.75) is 0 Å². The van der Waals surface area contributed by atoms with E-state index >= 15 is 0 Å². The first-order valence-corrected chi connectivity index (χ1v) is 37.6. The van der Waals surface area contributed by atoms with Gasteiger partial charge in [0.05, 0.1) is 0 Å². The Morgan fingerprint density at radius 1 is 0.0926 bits per heavy atom. The second kappa shape index (κ2) is 24.8. The smallest absolute Gasteiger partial charge is 0.00206 e. The van der Waals surface area contributed by atoms with Gasteiger partial charge in [0, 0.05) is 0 Å². The third kappa shape index (κ3) is 10.1. The van der Waals surface area contributed by atoms with Gasteiger partial charge in [0.25, 0.3) is 0 Å². The van der Waals surface area contributed by atoms with Crippen LogP contribution < -0.4 is 0 Å². The maximum Gasteiger partial charge on any atom is -0.00206 e. The summed E-state index contributed by atoms with van der Waals surface area (Å²) in [5.74, 6) is 0. The van der Waals surface area contributed by atoms with Crippen LogP contribution in [0.25, 0.3) is 229 Å². The van der Waals surface area contributed by atoms with Gasteiger partial charge in [-0.2, -0.15) is 0 Å². The number of fused-ring (bicyclic) bond motifs is 3. The molecule has 498 valence electrons. The zero-order valence-electron chi connectivity index (χ0n) is 59.1. The largest absolute Gasteiger partial charge is 0.0616 e. The summed E-state index contributed by atoms with van der Waals surface area (Å²) < 4.78 is 0. The second-order valence-electron chi connectivity index (χ2n) is 29.3. The van der Waals surface area contributed by atoms with Gasteiger partial charge >= 0.3 is 0 Å². The lowest BCUT2D eigenvalue weighted by atomic mass is 9.84. The molecule has 0 nitrogen and oxygen atoms in total. The zero-order chi connectivity index (χ0) is 70.9. The van der Waals surface area contributed by atoms with Crippen molar-refractivity contribution in [3.05, 3.63) is 400 Å². The Bertz CT molecular complexity index is 6750. The molecular weight excluding hydrogens is 1300 g/mol. The van der Waals surface area contributed by atoms with Gasteiger partial charge in [0.15, 0.2) is 0 Å². The molecular formula is C108H66. The van der Waals surface area contributed by atoms with Gasteiger partial charge < -0.3 is 0 Å². The molecule has 0 fully saturated rings. The number of rotatable bonds is 9. The molecule has 0 atom stereocenters. The quantitative estimate of drug-likeness (QED) is 0.126. The van der Waals surface area contributed by atoms with Crippen molar-refractivity contribution in [1.29, 1.82) is 0 Å². The minimum atomic E-state index is 1.20. The topological polar surface area (TPSA) is 0 Å². The number of hydrogen-bond donors (Lipinski definition) is 0. The summed E-state index contributed by atoms with van der Waals surface area (Å²) in [7, 11) is 0. The van der Waals surface area contributed by atoms with E-state index in [0.29, 0.717) is 0 Å². The van der Waals surface area contributed by atoms with Crippen LogP contribution in [-0.4, -0.2) is 0 Å². The standard InChI is InChI=1S/C54H30.C54H36/c1-7-31-19-22-34-10-4-16-43-46(28-37(13-1)49(31)52(34)43)40-25-41(47-29-38-14-2-8-32-20-23-35-11-5-17-44(47)53(35)50(32)38)27-42(26-40)48-30-39-15-3-9-33-21-24-36-12-6-18-45(48)54(36)51(33)39;1-4-16-49-40(10-1)13-7-19-52(49)43-28-22-37(23-29-43)46-34-47(38-24-30-44(31-25-38)53-20-8-14-41-11-2-5-17-50(41)53)36-48(35-46)39-26-32-45(33-27-39)54-21-9-15-42-12-3-6-18-51(42)54/h1-30H;1-36H. The minimum Gasteiger partial charge on any atom is -0.0616 e. The highest BCUT2D eigenvalue weighted by molar-refractivity contribution is 6.30. The van der Waals surface area contributed by atoms with Gasteiger partial charge in [-0.25, -0.2) is 0 Å². The van der Waals surface area contributed by atoms with Crippen LogP contribution in [0, 0.1) is 0 Å². The van der Waals surface area contributed by atoms with Crippen molar-refractivity contribution in [3.8, 4) is 100 Å². The van der Waals surface area contributed by atoms with Crippen molar-refractivity contribution in [2.24, 2.45) is 0 Å². The van der Waals surface area contributed by atoms with Gasteiger partial charge in [-0.1, -0.05) is 346 Å². The molecule has 0 aliphatic rings. The molecule has 23 aromatic carbocycles. The average molecular weight is 1360 g/mol. The molecule has 0 heterocycles. The fourth-order valence-corrected chi connectivity index (χ4v) is 18.2. The van der Waals surface area contributed by atoms with Crippen LogP contribution >= 0.6 is 0 Å². The molecule has 0 unspecified atom stereocenters. The molecule has 0 spiro atoms. The minimum absolute atomic E-state index is 1.20. The predicted octanol–water partition coefficient (Wildman–Crippen LogP) is 30.5. The van der Waals surface area contributed by atoms with E-state index in [9.17, 15) is 0 Å². The van der Waals surface area contributed by atoms with E-state index in [1.165, 1.54) is 229 Å². The molecule has 0 bridgehead atoms. The average Bonchev–Trinajstić information content (AvgIpc) is 0.720. The summed E-state index contributed by atoms with van der Waals surface area (Å²) >= 11 is 0. The Morgan fingerprint density at radius 3 is 0.593 bits per heavy atom. The molecule has 108 heavy (non-hydrogen) atoms. The maximum absolute atomic E-state index is 2.46. The fourth-order valence-electron chi connectivity index (χ4n) is 18.2. The lowest BCUT2D eigenvalue weighted by Crippen LogP contribution is -1.93. The van der Waals surface area contributed by atoms with Crippen LogP contribution in [0.3, 0.4) is 0 Å². The van der Waals surface area contributed by atoms with E-state index in [1.54, 1.807) is 0 Å². The van der Waals surface area contributed by atoms with E-state index in [-0.39, 0.29) is 0 Å². The van der Waals surface area contributed by atoms with Crippen LogP contribution in [0.15, 0.2) is 400 Å². The molecule has 0 heteroatoms. The first kappa shape index (κ1) is 61.4. The third-order valence-electron chi connectivity index (χ3n) is 23.3. The van der Waals surface area contributed by atoms with Gasteiger partial charge in [-0.15, -0.1) is 0 Å². The van der Waals surface area contributed by atoms with Crippen molar-refractivity contribution >= 4 is 129 Å². The highest BCUT2D eigenvalue weighted by Crippen LogP contribution is 2.49. The van der Waals surface area contributed by atoms with Crippen LogP contribution in [0.2, 0.25) is 0 Å². The van der Waals surface area contributed by atoms with Crippen LogP contribution in [0.4, 0.5) is 0 Å². The summed E-state index contributed by atoms with van der Waals surface area (Å²) in [6, 6.07) is 149. The molecule has 0 aliphatic heterocycles. The van der Waals surface area contributed by atoms with E-state index in [1.807, 2.05) is 0 Å². The molecule has 0 saturated heterocycles. The molecule has 0 radical (unpaired) electrons. The van der Waals surface area contributed by atoms with E-state index < -0.39 is 0 Å². The Morgan fingerprint density at radius 2 is 0.296 bits per heavy atom. The Labute approximate surface area is 625 Å². The van der Waals surface area contributed by atoms with E-state index in [0.717, 1.165) is 0 Å². The summed E-state index contributed by atoms with van der Waals surface area (Å²) in [5, 5.41) is 31.1. The van der Waals surface area contributed by atoms with Gasteiger partial charge in [0.2, 0.25) is 0 Å². The van der Waals surface area contributed by atoms with E-state index in [2.05, 4.69) is 400 Å². The molecule has 23 aromatic rings. The lowest BCUT2D eigenvalue weighted by Gasteiger charge is -2.20. The molecule has 0 saturated carbocycles. The number of hydrogen-bond acceptors (Lipinski definition) is 0. The van der Waals surface area contributed by atoms with Crippen LogP contribution in [-0.2, 0) is 0 Å². The summed E-state index contributed by atoms with van der Waals surface area (Å²) in [6.45, 7) is 0. The van der Waals surface area contributed by atoms with Crippen molar-refractivity contribution in [3.63, 3.8) is 0 Å². The van der Waals surface area contributed by atoms with Crippen LogP contribution in [0.5, 0.6) is 0 Å². The fraction of sp³-hybridized carbons (Fsp3) is 0. The zero-order valence-corrected chi connectivity index (χ0v) is 59.1.